The van der Waals surface area contributed by atoms with Crippen molar-refractivity contribution in [2.75, 3.05) is 6.61 Å². The van der Waals surface area contributed by atoms with Crippen molar-refractivity contribution in [3.63, 3.8) is 0 Å². The van der Waals surface area contributed by atoms with E-state index in [0.717, 1.165) is 52.2 Å². The molecule has 2 unspecified atom stereocenters. The number of carbonyl (C=O) groups excluding carboxylic acids is 2. The van der Waals surface area contributed by atoms with Gasteiger partial charge in [0.15, 0.2) is 5.17 Å². The summed E-state index contributed by atoms with van der Waals surface area (Å²) in [6.07, 6.45) is 2.15. The number of nitrogens with one attached hydrogen (secondary N) is 2. The monoisotopic (exact) mass is 468 g/mol. The Kier molecular flexibility index (Phi) is 6.65. The lowest BCUT2D eigenvalue weighted by Gasteiger charge is -2.30. The van der Waals surface area contributed by atoms with Gasteiger partial charge in [0.05, 0.1) is 5.25 Å². The average molecular weight is 469 g/mol. The van der Waals surface area contributed by atoms with Gasteiger partial charge >= 0.3 is 5.97 Å². The molecule has 2 N–H and O–H groups in total. The van der Waals surface area contributed by atoms with Crippen LogP contribution in [0.3, 0.4) is 0 Å². The van der Waals surface area contributed by atoms with Crippen LogP contribution in [0.4, 0.5) is 0 Å². The van der Waals surface area contributed by atoms with Gasteiger partial charge in [-0.3, -0.25) is 15.0 Å². The molecule has 0 bridgehead atoms. The number of rotatable bonds is 6. The highest BCUT2D eigenvalue weighted by Crippen LogP contribution is 2.41. The van der Waals surface area contributed by atoms with E-state index in [1.54, 1.807) is 0 Å². The van der Waals surface area contributed by atoms with Crippen LogP contribution in [0, 0.1) is 26.2 Å². The summed E-state index contributed by atoms with van der Waals surface area (Å²) < 4.78 is 17.8. The van der Waals surface area contributed by atoms with Crippen LogP contribution in [0.5, 0.6) is 17.2 Å². The molecule has 1 saturated heterocycles. The lowest BCUT2D eigenvalue weighted by atomic mass is 9.91. The topological polar surface area (TPSA) is 97.7 Å². The predicted octanol–water partition coefficient (Wildman–Crippen LogP) is 4.02. The van der Waals surface area contributed by atoms with Gasteiger partial charge in [-0.2, -0.15) is 0 Å². The first kappa shape index (κ1) is 23.2. The molecular weight excluding hydrogens is 440 g/mol. The molecule has 2 aliphatic rings. The number of fused-ring (bicyclic) bond motifs is 1. The van der Waals surface area contributed by atoms with Gasteiger partial charge in [-0.15, -0.1) is 0 Å². The van der Waals surface area contributed by atoms with E-state index in [0.29, 0.717) is 18.8 Å². The number of amidine groups is 1. The quantitative estimate of drug-likeness (QED) is 0.491. The molecule has 2 atom stereocenters. The fraction of sp³-hybridized carbons (Fsp3) is 0.400. The first-order chi connectivity index (χ1) is 15.7. The summed E-state index contributed by atoms with van der Waals surface area (Å²) >= 11 is 1.25. The maximum absolute atomic E-state index is 11.8. The van der Waals surface area contributed by atoms with Gasteiger partial charge in [-0.25, -0.2) is 0 Å². The minimum absolute atomic E-state index is 0.0705. The lowest BCUT2D eigenvalue weighted by molar-refractivity contribution is -0.132. The van der Waals surface area contributed by atoms with Gasteiger partial charge in [0.25, 0.3) is 0 Å². The zero-order valence-electron chi connectivity index (χ0n) is 19.2. The Bertz CT molecular complexity index is 1110. The third kappa shape index (κ3) is 5.00. The van der Waals surface area contributed by atoms with E-state index in [1.807, 2.05) is 45.0 Å². The van der Waals surface area contributed by atoms with E-state index in [1.165, 1.54) is 18.7 Å². The van der Waals surface area contributed by atoms with Crippen LogP contribution in [0.2, 0.25) is 0 Å². The number of ether oxygens (including phenoxy) is 3. The summed E-state index contributed by atoms with van der Waals surface area (Å²) in [6.45, 7) is 7.76. The standard InChI is InChI=1S/C25H28N2O5S/c1-13-14(2)23-20(15(3)22(13)31-16(4)28)10-9-19(32-23)12-30-18-7-5-17(6-8-18)11-21-24(29)27-25(26)33-21/h5-8,19,21H,9-12H2,1-4H3,(H2,26,27,29). The second kappa shape index (κ2) is 9.47. The Hall–Kier alpha value is -3.00. The zero-order chi connectivity index (χ0) is 23.7. The van der Waals surface area contributed by atoms with Crippen molar-refractivity contribution in [3.8, 4) is 17.2 Å². The number of amides is 1. The molecule has 0 aromatic heterocycles. The normalized spacial score (nSPS) is 19.5. The van der Waals surface area contributed by atoms with Gasteiger partial charge in [-0.1, -0.05) is 23.9 Å². The minimum Gasteiger partial charge on any atom is -0.490 e. The Morgan fingerprint density at radius 2 is 1.91 bits per heavy atom. The minimum atomic E-state index is -0.320. The molecule has 0 spiro atoms. The van der Waals surface area contributed by atoms with E-state index >= 15 is 0 Å². The highest BCUT2D eigenvalue weighted by atomic mass is 32.2. The number of hydrogen-bond acceptors (Lipinski definition) is 7. The molecule has 2 heterocycles. The van der Waals surface area contributed by atoms with E-state index < -0.39 is 0 Å². The highest BCUT2D eigenvalue weighted by Gasteiger charge is 2.29. The fourth-order valence-corrected chi connectivity index (χ4v) is 5.12. The first-order valence-corrected chi connectivity index (χ1v) is 11.9. The van der Waals surface area contributed by atoms with E-state index in [2.05, 4.69) is 5.32 Å². The van der Waals surface area contributed by atoms with Crippen molar-refractivity contribution in [1.29, 1.82) is 5.41 Å². The van der Waals surface area contributed by atoms with Crippen molar-refractivity contribution in [2.45, 2.75) is 58.3 Å². The van der Waals surface area contributed by atoms with E-state index in [4.69, 9.17) is 19.6 Å². The number of thioether (sulfide) groups is 1. The molecule has 0 saturated carbocycles. The van der Waals surface area contributed by atoms with Crippen LogP contribution in [0.25, 0.3) is 0 Å². The zero-order valence-corrected chi connectivity index (χ0v) is 20.1. The molecule has 2 aromatic rings. The van der Waals surface area contributed by atoms with Crippen molar-refractivity contribution in [1.82, 2.24) is 5.32 Å². The summed E-state index contributed by atoms with van der Waals surface area (Å²) in [5, 5.41) is 10.0. The predicted molar refractivity (Wildman–Crippen MR) is 128 cm³/mol. The lowest BCUT2D eigenvalue weighted by Crippen LogP contribution is -2.30. The summed E-state index contributed by atoms with van der Waals surface area (Å²) in [7, 11) is 0. The Morgan fingerprint density at radius 3 is 2.55 bits per heavy atom. The highest BCUT2D eigenvalue weighted by molar-refractivity contribution is 8.15. The maximum Gasteiger partial charge on any atom is 0.308 e. The molecule has 174 valence electrons. The molecule has 2 aliphatic heterocycles. The Labute approximate surface area is 197 Å². The van der Waals surface area contributed by atoms with Crippen LogP contribution >= 0.6 is 11.8 Å². The first-order valence-electron chi connectivity index (χ1n) is 11.0. The third-order valence-electron chi connectivity index (χ3n) is 6.13. The summed E-state index contributed by atoms with van der Waals surface area (Å²) in [5.41, 5.74) is 4.99. The summed E-state index contributed by atoms with van der Waals surface area (Å²) in [4.78, 5) is 23.3. The van der Waals surface area contributed by atoms with Crippen molar-refractivity contribution < 1.29 is 23.8 Å². The Morgan fingerprint density at radius 1 is 1.18 bits per heavy atom. The number of hydrogen-bond donors (Lipinski definition) is 2. The SMILES string of the molecule is CC(=O)Oc1c(C)c(C)c2c(c1C)CCC(COc1ccc(CC3SC(=N)NC3=O)cc1)O2. The molecular formula is C25H28N2O5S. The van der Waals surface area contributed by atoms with Crippen LogP contribution in [-0.4, -0.2) is 35.0 Å². The summed E-state index contributed by atoms with van der Waals surface area (Å²) in [5.74, 6) is 1.83. The number of esters is 1. The fourth-order valence-electron chi connectivity index (χ4n) is 4.24. The molecule has 7 nitrogen and oxygen atoms in total. The second-order valence-corrected chi connectivity index (χ2v) is 9.68. The third-order valence-corrected chi connectivity index (χ3v) is 7.13. The van der Waals surface area contributed by atoms with Crippen molar-refractivity contribution in [3.05, 3.63) is 52.1 Å². The van der Waals surface area contributed by atoms with Gasteiger partial charge in [-0.05, 0) is 74.4 Å². The number of carbonyl (C=O) groups is 2. The van der Waals surface area contributed by atoms with Gasteiger partial charge in [0, 0.05) is 12.5 Å². The van der Waals surface area contributed by atoms with Crippen molar-refractivity contribution >= 4 is 28.8 Å². The van der Waals surface area contributed by atoms with Crippen LogP contribution in [-0.2, 0) is 22.4 Å². The van der Waals surface area contributed by atoms with Gasteiger partial charge in [0.1, 0.15) is 30.0 Å². The molecule has 1 amide bonds. The van der Waals surface area contributed by atoms with Gasteiger partial charge in [0.2, 0.25) is 5.91 Å². The molecule has 0 radical (unpaired) electrons. The second-order valence-electron chi connectivity index (χ2n) is 8.47. The molecule has 4 rings (SSSR count). The molecule has 8 heteroatoms. The smallest absolute Gasteiger partial charge is 0.308 e. The number of benzene rings is 2. The van der Waals surface area contributed by atoms with Crippen LogP contribution in [0.15, 0.2) is 24.3 Å². The van der Waals surface area contributed by atoms with Crippen molar-refractivity contribution in [2.24, 2.45) is 0 Å². The largest absolute Gasteiger partial charge is 0.490 e. The molecule has 0 aliphatic carbocycles. The molecule has 1 fully saturated rings. The van der Waals surface area contributed by atoms with Crippen LogP contribution < -0.4 is 19.5 Å². The average Bonchev–Trinajstić information content (AvgIpc) is 3.10. The maximum atomic E-state index is 11.8. The molecule has 33 heavy (non-hydrogen) atoms. The van der Waals surface area contributed by atoms with Crippen LogP contribution in [0.1, 0.15) is 41.2 Å². The molecule has 2 aromatic carbocycles. The van der Waals surface area contributed by atoms with E-state index in [9.17, 15) is 9.59 Å². The summed E-state index contributed by atoms with van der Waals surface area (Å²) in [6, 6.07) is 7.71. The Balaban J connectivity index is 1.38. The van der Waals surface area contributed by atoms with Gasteiger partial charge < -0.3 is 19.5 Å². The van der Waals surface area contributed by atoms with E-state index in [-0.39, 0.29) is 28.4 Å².